The van der Waals surface area contributed by atoms with Crippen LogP contribution in [0.5, 0.6) is 5.75 Å². The Morgan fingerprint density at radius 1 is 1.21 bits per heavy atom. The van der Waals surface area contributed by atoms with Crippen molar-refractivity contribution in [1.29, 1.82) is 0 Å². The summed E-state index contributed by atoms with van der Waals surface area (Å²) in [6.45, 7) is 2.19. The molecule has 4 rings (SSSR count). The molecule has 0 radical (unpaired) electrons. The van der Waals surface area contributed by atoms with Gasteiger partial charge in [0, 0.05) is 44.7 Å². The molecule has 2 aliphatic heterocycles. The van der Waals surface area contributed by atoms with Gasteiger partial charge in [-0.1, -0.05) is 30.3 Å². The van der Waals surface area contributed by atoms with E-state index < -0.39 is 10.0 Å². The van der Waals surface area contributed by atoms with E-state index in [-0.39, 0.29) is 12.1 Å². The lowest BCUT2D eigenvalue weighted by Crippen LogP contribution is -2.45. The van der Waals surface area contributed by atoms with Crippen LogP contribution in [0.15, 0.2) is 47.4 Å². The van der Waals surface area contributed by atoms with E-state index >= 15 is 0 Å². The standard InChI is InChI=1S/C22H29N3O3S/c1-25(2)29(26,27)19-13-17-10-12-28-22(17)18(14-19)15-24-20-9-6-11-23-21(20)16-7-4-3-5-8-16/h3-5,7-8,13-14,20-21,23-24H,6,9-12,15H2,1-2H3/t20-,21-/m0/s1. The fourth-order valence-electron chi connectivity index (χ4n) is 4.21. The lowest BCUT2D eigenvalue weighted by atomic mass is 9.92. The minimum absolute atomic E-state index is 0.243. The Morgan fingerprint density at radius 3 is 2.76 bits per heavy atom. The first kappa shape index (κ1) is 20.3. The number of rotatable bonds is 6. The zero-order valence-electron chi connectivity index (χ0n) is 17.0. The van der Waals surface area contributed by atoms with Crippen molar-refractivity contribution in [3.63, 3.8) is 0 Å². The highest BCUT2D eigenvalue weighted by molar-refractivity contribution is 7.89. The van der Waals surface area contributed by atoms with Gasteiger partial charge in [0.2, 0.25) is 10.0 Å². The van der Waals surface area contributed by atoms with Crippen molar-refractivity contribution in [2.45, 2.75) is 42.8 Å². The van der Waals surface area contributed by atoms with E-state index in [0.717, 1.165) is 42.7 Å². The molecule has 0 saturated carbocycles. The third kappa shape index (κ3) is 4.19. The summed E-state index contributed by atoms with van der Waals surface area (Å²) in [6.07, 6.45) is 2.94. The maximum atomic E-state index is 12.7. The van der Waals surface area contributed by atoms with Crippen LogP contribution in [0, 0.1) is 0 Å². The maximum Gasteiger partial charge on any atom is 0.242 e. The molecule has 2 atom stereocenters. The number of fused-ring (bicyclic) bond motifs is 1. The van der Waals surface area contributed by atoms with Crippen LogP contribution in [-0.4, -0.2) is 46.0 Å². The molecule has 0 bridgehead atoms. The molecule has 6 nitrogen and oxygen atoms in total. The van der Waals surface area contributed by atoms with Crippen LogP contribution < -0.4 is 15.4 Å². The van der Waals surface area contributed by atoms with Gasteiger partial charge in [-0.15, -0.1) is 0 Å². The van der Waals surface area contributed by atoms with Crippen molar-refractivity contribution in [2.24, 2.45) is 0 Å². The summed E-state index contributed by atoms with van der Waals surface area (Å²) in [5.74, 6) is 0.843. The van der Waals surface area contributed by atoms with Crippen LogP contribution >= 0.6 is 0 Å². The molecule has 2 aromatic rings. The van der Waals surface area contributed by atoms with Gasteiger partial charge in [-0.05, 0) is 42.6 Å². The van der Waals surface area contributed by atoms with Crippen LogP contribution in [0.2, 0.25) is 0 Å². The largest absolute Gasteiger partial charge is 0.493 e. The smallest absolute Gasteiger partial charge is 0.242 e. The van der Waals surface area contributed by atoms with E-state index in [1.807, 2.05) is 6.07 Å². The summed E-state index contributed by atoms with van der Waals surface area (Å²) in [7, 11) is -0.351. The van der Waals surface area contributed by atoms with E-state index in [1.54, 1.807) is 26.2 Å². The molecular formula is C22H29N3O3S. The van der Waals surface area contributed by atoms with Crippen LogP contribution in [0.25, 0.3) is 0 Å². The topological polar surface area (TPSA) is 70.7 Å². The number of nitrogens with one attached hydrogen (secondary N) is 2. The molecule has 0 spiro atoms. The molecule has 0 unspecified atom stereocenters. The molecule has 7 heteroatoms. The monoisotopic (exact) mass is 415 g/mol. The lowest BCUT2D eigenvalue weighted by Gasteiger charge is -2.34. The Kier molecular flexibility index (Phi) is 5.92. The van der Waals surface area contributed by atoms with E-state index in [1.165, 1.54) is 9.87 Å². The fourth-order valence-corrected chi connectivity index (χ4v) is 5.21. The van der Waals surface area contributed by atoms with Crippen LogP contribution in [0.3, 0.4) is 0 Å². The first-order valence-electron chi connectivity index (χ1n) is 10.2. The molecule has 2 aromatic carbocycles. The summed E-state index contributed by atoms with van der Waals surface area (Å²) in [5.41, 5.74) is 3.17. The van der Waals surface area contributed by atoms with Gasteiger partial charge < -0.3 is 15.4 Å². The molecule has 1 fully saturated rings. The summed E-state index contributed by atoms with van der Waals surface area (Å²) in [6, 6.07) is 14.5. The van der Waals surface area contributed by atoms with Crippen molar-refractivity contribution in [3.05, 3.63) is 59.2 Å². The first-order chi connectivity index (χ1) is 14.0. The van der Waals surface area contributed by atoms with Gasteiger partial charge in [-0.25, -0.2) is 12.7 Å². The predicted octanol–water partition coefficient (Wildman–Crippen LogP) is 2.45. The average molecular weight is 416 g/mol. The zero-order valence-corrected chi connectivity index (χ0v) is 17.8. The van der Waals surface area contributed by atoms with Crippen molar-refractivity contribution in [2.75, 3.05) is 27.2 Å². The number of nitrogens with zero attached hydrogens (tertiary/aromatic N) is 1. The third-order valence-electron chi connectivity index (χ3n) is 5.78. The second-order valence-corrected chi connectivity index (χ2v) is 10.1. The predicted molar refractivity (Wildman–Crippen MR) is 114 cm³/mol. The van der Waals surface area contributed by atoms with Crippen LogP contribution in [-0.2, 0) is 23.0 Å². The third-order valence-corrected chi connectivity index (χ3v) is 7.58. The maximum absolute atomic E-state index is 12.7. The van der Waals surface area contributed by atoms with E-state index in [9.17, 15) is 8.42 Å². The number of hydrogen-bond acceptors (Lipinski definition) is 5. The van der Waals surface area contributed by atoms with Crippen molar-refractivity contribution >= 4 is 10.0 Å². The molecule has 0 aromatic heterocycles. The minimum atomic E-state index is -3.48. The second-order valence-electron chi connectivity index (χ2n) is 7.93. The Morgan fingerprint density at radius 2 is 2.00 bits per heavy atom. The highest BCUT2D eigenvalue weighted by Crippen LogP contribution is 2.34. The van der Waals surface area contributed by atoms with Gasteiger partial charge in [0.25, 0.3) is 0 Å². The van der Waals surface area contributed by atoms with Crippen molar-refractivity contribution < 1.29 is 13.2 Å². The Balaban J connectivity index is 1.58. The van der Waals surface area contributed by atoms with Crippen molar-refractivity contribution in [1.82, 2.24) is 14.9 Å². The van der Waals surface area contributed by atoms with Gasteiger partial charge in [0.15, 0.2) is 0 Å². The van der Waals surface area contributed by atoms with Gasteiger partial charge in [0.1, 0.15) is 5.75 Å². The molecule has 2 aliphatic rings. The van der Waals surface area contributed by atoms with E-state index in [0.29, 0.717) is 18.0 Å². The first-order valence-corrected chi connectivity index (χ1v) is 11.6. The minimum Gasteiger partial charge on any atom is -0.493 e. The molecule has 1 saturated heterocycles. The molecule has 2 N–H and O–H groups in total. The quantitative estimate of drug-likeness (QED) is 0.758. The summed E-state index contributed by atoms with van der Waals surface area (Å²) >= 11 is 0. The van der Waals surface area contributed by atoms with Gasteiger partial charge in [-0.3, -0.25) is 0 Å². The second kappa shape index (κ2) is 8.44. The molecule has 2 heterocycles. The summed E-state index contributed by atoms with van der Waals surface area (Å²) < 4.78 is 32.5. The van der Waals surface area contributed by atoms with Gasteiger partial charge >= 0.3 is 0 Å². The zero-order chi connectivity index (χ0) is 20.4. The van der Waals surface area contributed by atoms with Gasteiger partial charge in [0.05, 0.1) is 11.5 Å². The summed E-state index contributed by atoms with van der Waals surface area (Å²) in [4.78, 5) is 0.338. The van der Waals surface area contributed by atoms with E-state index in [2.05, 4.69) is 34.9 Å². The molecular weight excluding hydrogens is 386 g/mol. The van der Waals surface area contributed by atoms with Crippen LogP contribution in [0.1, 0.15) is 35.6 Å². The highest BCUT2D eigenvalue weighted by atomic mass is 32.2. The van der Waals surface area contributed by atoms with Crippen molar-refractivity contribution in [3.8, 4) is 5.75 Å². The number of benzene rings is 2. The number of ether oxygens (including phenoxy) is 1. The molecule has 0 amide bonds. The highest BCUT2D eigenvalue weighted by Gasteiger charge is 2.28. The SMILES string of the molecule is CN(C)S(=O)(=O)c1cc2c(c(CN[C@H]3CCCN[C@H]3c3ccccc3)c1)OCC2. The number of sulfonamides is 1. The summed E-state index contributed by atoms with van der Waals surface area (Å²) in [5, 5.41) is 7.30. The van der Waals surface area contributed by atoms with E-state index in [4.69, 9.17) is 4.74 Å². The lowest BCUT2D eigenvalue weighted by molar-refractivity contribution is 0.301. The van der Waals surface area contributed by atoms with Crippen LogP contribution in [0.4, 0.5) is 0 Å². The molecule has 156 valence electrons. The van der Waals surface area contributed by atoms with Gasteiger partial charge in [-0.2, -0.15) is 0 Å². The molecule has 0 aliphatic carbocycles. The molecule has 29 heavy (non-hydrogen) atoms. The number of piperidine rings is 1. The normalized spacial score (nSPS) is 21.8. The Bertz CT molecular complexity index is 961. The average Bonchev–Trinajstić information content (AvgIpc) is 3.21. The Hall–Kier alpha value is -1.93. The fraction of sp³-hybridized carbons (Fsp3) is 0.455. The number of hydrogen-bond donors (Lipinski definition) is 2. The Labute approximate surface area is 173 Å².